The van der Waals surface area contributed by atoms with Gasteiger partial charge in [-0.2, -0.15) is 0 Å². The van der Waals surface area contributed by atoms with Crippen LogP contribution in [0.15, 0.2) is 12.5 Å². The summed E-state index contributed by atoms with van der Waals surface area (Å²) in [4.78, 5) is 31.7. The maximum atomic E-state index is 12.2. The molecule has 21 heavy (non-hydrogen) atoms. The Bertz CT molecular complexity index is 471. The van der Waals surface area contributed by atoms with E-state index in [1.807, 2.05) is 0 Å². The van der Waals surface area contributed by atoms with E-state index in [0.29, 0.717) is 18.9 Å². The second kappa shape index (κ2) is 7.07. The lowest BCUT2D eigenvalue weighted by atomic mass is 10.1. The average Bonchev–Trinajstić information content (AvgIpc) is 2.99. The first-order valence-electron chi connectivity index (χ1n) is 6.89. The minimum absolute atomic E-state index is 0.0837. The summed E-state index contributed by atoms with van der Waals surface area (Å²) in [5.41, 5.74) is 0.663. The van der Waals surface area contributed by atoms with Gasteiger partial charge in [-0.3, -0.25) is 0 Å². The highest BCUT2D eigenvalue weighted by molar-refractivity contribution is 5.82. The van der Waals surface area contributed by atoms with Crippen LogP contribution >= 0.6 is 0 Å². The summed E-state index contributed by atoms with van der Waals surface area (Å²) in [6.45, 7) is 1.25. The summed E-state index contributed by atoms with van der Waals surface area (Å²) in [6.07, 6.45) is 4.72. The molecule has 2 amide bonds. The number of hydrogen-bond donors (Lipinski definition) is 3. The molecule has 0 saturated carbocycles. The smallest absolute Gasteiger partial charge is 0.326 e. The fourth-order valence-electron chi connectivity index (χ4n) is 2.31. The van der Waals surface area contributed by atoms with Gasteiger partial charge in [0.1, 0.15) is 6.04 Å². The van der Waals surface area contributed by atoms with Crippen molar-refractivity contribution in [3.8, 4) is 0 Å². The number of aromatic amines is 1. The monoisotopic (exact) mass is 296 g/mol. The van der Waals surface area contributed by atoms with Gasteiger partial charge in [-0.25, -0.2) is 14.6 Å². The molecule has 0 radical (unpaired) electrons. The number of carboxylic acid groups (broad SMARTS) is 1. The maximum absolute atomic E-state index is 12.2. The Labute approximate surface area is 122 Å². The molecule has 8 nitrogen and oxygen atoms in total. The topological polar surface area (TPSA) is 108 Å². The Kier molecular flexibility index (Phi) is 5.15. The molecular weight excluding hydrogens is 276 g/mol. The summed E-state index contributed by atoms with van der Waals surface area (Å²) in [5.74, 6) is -1.07. The van der Waals surface area contributed by atoms with E-state index >= 15 is 0 Å². The zero-order valence-corrected chi connectivity index (χ0v) is 11.9. The van der Waals surface area contributed by atoms with Gasteiger partial charge in [0.15, 0.2) is 0 Å². The Hall–Kier alpha value is -2.09. The summed E-state index contributed by atoms with van der Waals surface area (Å²) >= 11 is 0. The van der Waals surface area contributed by atoms with Crippen LogP contribution < -0.4 is 5.32 Å². The van der Waals surface area contributed by atoms with Crippen molar-refractivity contribution in [1.82, 2.24) is 20.2 Å². The van der Waals surface area contributed by atoms with E-state index in [9.17, 15) is 14.7 Å². The first kappa shape index (κ1) is 15.3. The van der Waals surface area contributed by atoms with Crippen LogP contribution in [0.3, 0.4) is 0 Å². The molecule has 0 aliphatic carbocycles. The molecule has 8 heteroatoms. The van der Waals surface area contributed by atoms with Gasteiger partial charge in [-0.05, 0) is 12.8 Å². The van der Waals surface area contributed by atoms with Crippen LogP contribution in [-0.4, -0.2) is 64.3 Å². The molecule has 0 bridgehead atoms. The number of urea groups is 1. The molecule has 2 rings (SSSR count). The van der Waals surface area contributed by atoms with Crippen molar-refractivity contribution in [2.75, 3.05) is 20.3 Å². The van der Waals surface area contributed by atoms with E-state index in [-0.39, 0.29) is 18.5 Å². The quantitative estimate of drug-likeness (QED) is 0.720. The summed E-state index contributed by atoms with van der Waals surface area (Å²) in [6, 6.07) is -1.28. The predicted molar refractivity (Wildman–Crippen MR) is 73.9 cm³/mol. The van der Waals surface area contributed by atoms with E-state index in [2.05, 4.69) is 15.3 Å². The molecule has 1 aromatic heterocycles. The maximum Gasteiger partial charge on any atom is 0.326 e. The number of rotatable bonds is 5. The number of carbonyl (C=O) groups excluding carboxylic acids is 1. The molecule has 1 atom stereocenters. The number of nitrogens with zero attached hydrogens (tertiary/aromatic N) is 2. The molecule has 1 saturated heterocycles. The van der Waals surface area contributed by atoms with Gasteiger partial charge in [-0.1, -0.05) is 0 Å². The number of ether oxygens (including phenoxy) is 1. The molecule has 0 aromatic carbocycles. The second-order valence-corrected chi connectivity index (χ2v) is 5.08. The standard InChI is InChI=1S/C13H20N4O4/c1-17(10-2-4-21-5-3-10)13(20)16-11(12(18)19)6-9-7-14-8-15-9/h7-8,10-11H,2-6H2,1H3,(H,14,15)(H,16,20)(H,18,19). The average molecular weight is 296 g/mol. The van der Waals surface area contributed by atoms with E-state index in [1.165, 1.54) is 6.33 Å². The lowest BCUT2D eigenvalue weighted by Crippen LogP contribution is -2.51. The summed E-state index contributed by atoms with van der Waals surface area (Å²) < 4.78 is 5.26. The number of aliphatic carboxylic acids is 1. The van der Waals surface area contributed by atoms with Crippen LogP contribution in [0.4, 0.5) is 4.79 Å². The van der Waals surface area contributed by atoms with Gasteiger partial charge in [0.05, 0.1) is 6.33 Å². The van der Waals surface area contributed by atoms with Crippen molar-refractivity contribution in [1.29, 1.82) is 0 Å². The van der Waals surface area contributed by atoms with Gasteiger partial charge < -0.3 is 25.0 Å². The molecule has 3 N–H and O–H groups in total. The fourth-order valence-corrected chi connectivity index (χ4v) is 2.31. The largest absolute Gasteiger partial charge is 0.480 e. The van der Waals surface area contributed by atoms with E-state index in [0.717, 1.165) is 12.8 Å². The third-order valence-electron chi connectivity index (χ3n) is 3.63. The van der Waals surface area contributed by atoms with Crippen molar-refractivity contribution < 1.29 is 19.4 Å². The Balaban J connectivity index is 1.92. The van der Waals surface area contributed by atoms with E-state index < -0.39 is 12.0 Å². The highest BCUT2D eigenvalue weighted by atomic mass is 16.5. The number of aromatic nitrogens is 2. The number of H-pyrrole nitrogens is 1. The first-order valence-corrected chi connectivity index (χ1v) is 6.89. The molecule has 1 fully saturated rings. The normalized spacial score (nSPS) is 17.2. The number of hydrogen-bond acceptors (Lipinski definition) is 4. The summed E-state index contributed by atoms with van der Waals surface area (Å²) in [7, 11) is 1.68. The SMILES string of the molecule is CN(C(=O)NC(Cc1cnc[nH]1)C(=O)O)C1CCOCC1. The lowest BCUT2D eigenvalue weighted by molar-refractivity contribution is -0.139. The van der Waals surface area contributed by atoms with Crippen LogP contribution in [0, 0.1) is 0 Å². The van der Waals surface area contributed by atoms with Crippen LogP contribution in [0.25, 0.3) is 0 Å². The van der Waals surface area contributed by atoms with Crippen molar-refractivity contribution >= 4 is 12.0 Å². The molecular formula is C13H20N4O4. The van der Waals surface area contributed by atoms with Gasteiger partial charge in [-0.15, -0.1) is 0 Å². The van der Waals surface area contributed by atoms with Gasteiger partial charge in [0.25, 0.3) is 0 Å². The predicted octanol–water partition coefficient (Wildman–Crippen LogP) is 0.226. The molecule has 1 aliphatic heterocycles. The molecule has 1 aliphatic rings. The Morgan fingerprint density at radius 2 is 2.29 bits per heavy atom. The van der Waals surface area contributed by atoms with Crippen molar-refractivity contribution in [2.24, 2.45) is 0 Å². The Morgan fingerprint density at radius 1 is 1.57 bits per heavy atom. The van der Waals surface area contributed by atoms with E-state index in [1.54, 1.807) is 18.1 Å². The van der Waals surface area contributed by atoms with E-state index in [4.69, 9.17) is 4.74 Å². The summed E-state index contributed by atoms with van der Waals surface area (Å²) in [5, 5.41) is 11.8. The number of imidazole rings is 1. The van der Waals surface area contributed by atoms with Crippen LogP contribution in [0.1, 0.15) is 18.5 Å². The minimum Gasteiger partial charge on any atom is -0.480 e. The minimum atomic E-state index is -1.07. The molecule has 1 aromatic rings. The second-order valence-electron chi connectivity index (χ2n) is 5.08. The Morgan fingerprint density at radius 3 is 2.86 bits per heavy atom. The number of carbonyl (C=O) groups is 2. The zero-order valence-electron chi connectivity index (χ0n) is 11.9. The van der Waals surface area contributed by atoms with Gasteiger partial charge in [0.2, 0.25) is 0 Å². The van der Waals surface area contributed by atoms with Crippen LogP contribution in [0.5, 0.6) is 0 Å². The molecule has 116 valence electrons. The number of amides is 2. The van der Waals surface area contributed by atoms with Crippen LogP contribution in [-0.2, 0) is 16.0 Å². The lowest BCUT2D eigenvalue weighted by Gasteiger charge is -2.32. The third kappa shape index (κ3) is 4.19. The van der Waals surface area contributed by atoms with Gasteiger partial charge in [0, 0.05) is 44.6 Å². The highest BCUT2D eigenvalue weighted by Gasteiger charge is 2.27. The first-order chi connectivity index (χ1) is 10.1. The van der Waals surface area contributed by atoms with Crippen molar-refractivity contribution in [3.63, 3.8) is 0 Å². The van der Waals surface area contributed by atoms with Crippen molar-refractivity contribution in [2.45, 2.75) is 31.3 Å². The zero-order chi connectivity index (χ0) is 15.2. The number of nitrogens with one attached hydrogen (secondary N) is 2. The molecule has 2 heterocycles. The van der Waals surface area contributed by atoms with Gasteiger partial charge >= 0.3 is 12.0 Å². The van der Waals surface area contributed by atoms with Crippen molar-refractivity contribution in [3.05, 3.63) is 18.2 Å². The third-order valence-corrected chi connectivity index (χ3v) is 3.63. The molecule has 0 spiro atoms. The molecule has 1 unspecified atom stereocenters. The number of carboxylic acids is 1. The van der Waals surface area contributed by atoms with Crippen LogP contribution in [0.2, 0.25) is 0 Å². The highest BCUT2D eigenvalue weighted by Crippen LogP contribution is 2.13. The fraction of sp³-hybridized carbons (Fsp3) is 0.615.